The van der Waals surface area contributed by atoms with Crippen LogP contribution in [0.25, 0.3) is 11.4 Å². The predicted octanol–water partition coefficient (Wildman–Crippen LogP) is 0.724. The van der Waals surface area contributed by atoms with E-state index in [2.05, 4.69) is 20.2 Å². The van der Waals surface area contributed by atoms with Crippen molar-refractivity contribution in [1.29, 1.82) is 0 Å². The molecule has 0 saturated carbocycles. The van der Waals surface area contributed by atoms with E-state index in [1.54, 1.807) is 13.1 Å². The van der Waals surface area contributed by atoms with Gasteiger partial charge in [0.05, 0.1) is 12.3 Å². The zero-order valence-electron chi connectivity index (χ0n) is 10.4. The van der Waals surface area contributed by atoms with E-state index in [9.17, 15) is 4.79 Å². The van der Waals surface area contributed by atoms with Gasteiger partial charge in [0.25, 0.3) is 0 Å². The number of H-pyrrole nitrogens is 1. The molecule has 98 valence electrons. The van der Waals surface area contributed by atoms with Crippen molar-refractivity contribution < 1.29 is 9.53 Å². The van der Waals surface area contributed by atoms with Gasteiger partial charge in [-0.3, -0.25) is 5.10 Å². The molecule has 1 aliphatic rings. The largest absolute Gasteiger partial charge is 0.461 e. The van der Waals surface area contributed by atoms with Crippen molar-refractivity contribution in [2.75, 3.05) is 12.3 Å². The van der Waals surface area contributed by atoms with Gasteiger partial charge in [0.1, 0.15) is 11.4 Å². The Morgan fingerprint density at radius 3 is 3.11 bits per heavy atom. The van der Waals surface area contributed by atoms with E-state index in [0.717, 1.165) is 17.5 Å². The number of nitrogens with one attached hydrogen (secondary N) is 1. The maximum Gasteiger partial charge on any atom is 0.356 e. The Kier molecular flexibility index (Phi) is 2.66. The molecule has 1 aliphatic carbocycles. The first-order valence-corrected chi connectivity index (χ1v) is 6.06. The number of fused-ring (bicyclic) bond motifs is 3. The third kappa shape index (κ3) is 1.83. The fourth-order valence-electron chi connectivity index (χ4n) is 2.24. The third-order valence-corrected chi connectivity index (χ3v) is 3.10. The zero-order chi connectivity index (χ0) is 13.4. The van der Waals surface area contributed by atoms with E-state index in [4.69, 9.17) is 10.5 Å². The van der Waals surface area contributed by atoms with E-state index < -0.39 is 0 Å². The number of nitrogen functional groups attached to an aromatic ring is 1. The molecule has 0 saturated heterocycles. The number of hydrogen-bond acceptors (Lipinski definition) is 6. The van der Waals surface area contributed by atoms with Gasteiger partial charge in [-0.15, -0.1) is 0 Å². The third-order valence-electron chi connectivity index (χ3n) is 3.10. The number of ether oxygens (including phenoxy) is 1. The number of aromatic amines is 1. The number of carbonyl (C=O) groups excluding carboxylic acids is 1. The fraction of sp³-hybridized carbons (Fsp3) is 0.333. The highest BCUT2D eigenvalue weighted by Crippen LogP contribution is 2.32. The number of anilines is 1. The number of esters is 1. The molecule has 0 unspecified atom stereocenters. The van der Waals surface area contributed by atoms with Crippen molar-refractivity contribution in [3.8, 4) is 11.4 Å². The summed E-state index contributed by atoms with van der Waals surface area (Å²) in [4.78, 5) is 20.0. The van der Waals surface area contributed by atoms with Crippen LogP contribution in [0, 0.1) is 0 Å². The van der Waals surface area contributed by atoms with Gasteiger partial charge < -0.3 is 10.5 Å². The minimum absolute atomic E-state index is 0.201. The van der Waals surface area contributed by atoms with Gasteiger partial charge in [-0.1, -0.05) is 0 Å². The highest BCUT2D eigenvalue weighted by molar-refractivity contribution is 5.91. The Morgan fingerprint density at radius 1 is 1.47 bits per heavy atom. The molecule has 0 spiro atoms. The molecule has 7 nitrogen and oxygen atoms in total. The second kappa shape index (κ2) is 4.34. The molecule has 19 heavy (non-hydrogen) atoms. The van der Waals surface area contributed by atoms with Crippen molar-refractivity contribution in [2.24, 2.45) is 0 Å². The van der Waals surface area contributed by atoms with Crippen LogP contribution in [0.5, 0.6) is 0 Å². The molecule has 2 heterocycles. The van der Waals surface area contributed by atoms with Crippen LogP contribution in [0.4, 0.5) is 5.95 Å². The zero-order valence-corrected chi connectivity index (χ0v) is 10.4. The molecular weight excluding hydrogens is 246 g/mol. The highest BCUT2D eigenvalue weighted by atomic mass is 16.5. The average Bonchev–Trinajstić information content (AvgIpc) is 2.83. The summed E-state index contributed by atoms with van der Waals surface area (Å²) in [5.74, 6) is -0.186. The van der Waals surface area contributed by atoms with E-state index >= 15 is 0 Å². The molecule has 0 aliphatic heterocycles. The standard InChI is InChI=1S/C12H13N5O2/c1-2-19-11(18)10-7-4-3-6-5-14-12(13)15-8(6)9(7)16-17-10/h5H,2-4H2,1H3,(H,16,17)(H2,13,14,15). The van der Waals surface area contributed by atoms with Crippen molar-refractivity contribution in [3.63, 3.8) is 0 Å². The summed E-state index contributed by atoms with van der Waals surface area (Å²) in [6.45, 7) is 2.10. The number of hydrogen-bond donors (Lipinski definition) is 2. The first-order chi connectivity index (χ1) is 9.20. The van der Waals surface area contributed by atoms with Gasteiger partial charge in [0, 0.05) is 11.8 Å². The smallest absolute Gasteiger partial charge is 0.356 e. The molecule has 0 radical (unpaired) electrons. The minimum Gasteiger partial charge on any atom is -0.461 e. The van der Waals surface area contributed by atoms with Crippen LogP contribution >= 0.6 is 0 Å². The predicted molar refractivity (Wildman–Crippen MR) is 67.4 cm³/mol. The fourth-order valence-corrected chi connectivity index (χ4v) is 2.24. The second-order valence-electron chi connectivity index (χ2n) is 4.25. The lowest BCUT2D eigenvalue weighted by atomic mass is 9.93. The maximum atomic E-state index is 11.8. The number of nitrogens with zero attached hydrogens (tertiary/aromatic N) is 3. The van der Waals surface area contributed by atoms with Crippen molar-refractivity contribution in [1.82, 2.24) is 20.2 Å². The lowest BCUT2D eigenvalue weighted by Gasteiger charge is -2.14. The summed E-state index contributed by atoms with van der Waals surface area (Å²) in [6, 6.07) is 0. The lowest BCUT2D eigenvalue weighted by Crippen LogP contribution is -2.12. The number of aryl methyl sites for hydroxylation is 1. The summed E-state index contributed by atoms with van der Waals surface area (Å²) in [5, 5.41) is 6.91. The quantitative estimate of drug-likeness (QED) is 0.770. The molecule has 0 fully saturated rings. The van der Waals surface area contributed by atoms with E-state index in [-0.39, 0.29) is 11.9 Å². The monoisotopic (exact) mass is 259 g/mol. The Balaban J connectivity index is 2.09. The van der Waals surface area contributed by atoms with Gasteiger partial charge in [0.2, 0.25) is 5.95 Å². The first kappa shape index (κ1) is 11.6. The van der Waals surface area contributed by atoms with E-state index in [0.29, 0.717) is 30.1 Å². The van der Waals surface area contributed by atoms with E-state index in [1.807, 2.05) is 0 Å². The maximum absolute atomic E-state index is 11.8. The summed E-state index contributed by atoms with van der Waals surface area (Å²) in [5.41, 5.74) is 9.19. The van der Waals surface area contributed by atoms with Crippen LogP contribution in [0.1, 0.15) is 28.5 Å². The Labute approximate surface area is 109 Å². The lowest BCUT2D eigenvalue weighted by molar-refractivity contribution is 0.0518. The molecule has 3 rings (SSSR count). The van der Waals surface area contributed by atoms with Crippen LogP contribution < -0.4 is 5.73 Å². The van der Waals surface area contributed by atoms with Crippen molar-refractivity contribution in [2.45, 2.75) is 19.8 Å². The topological polar surface area (TPSA) is 107 Å². The average molecular weight is 259 g/mol. The molecule has 0 bridgehead atoms. The molecule has 7 heteroatoms. The Bertz CT molecular complexity index is 650. The van der Waals surface area contributed by atoms with Gasteiger partial charge in [0.15, 0.2) is 0 Å². The van der Waals surface area contributed by atoms with Gasteiger partial charge >= 0.3 is 5.97 Å². The van der Waals surface area contributed by atoms with E-state index in [1.165, 1.54) is 0 Å². The summed E-state index contributed by atoms with van der Waals surface area (Å²) in [6.07, 6.45) is 3.17. The van der Waals surface area contributed by atoms with Gasteiger partial charge in [-0.2, -0.15) is 5.10 Å². The first-order valence-electron chi connectivity index (χ1n) is 6.06. The molecule has 2 aromatic heterocycles. The number of rotatable bonds is 2. The summed E-state index contributed by atoms with van der Waals surface area (Å²) >= 11 is 0. The Hall–Kier alpha value is -2.44. The van der Waals surface area contributed by atoms with Crippen LogP contribution in [-0.4, -0.2) is 32.7 Å². The highest BCUT2D eigenvalue weighted by Gasteiger charge is 2.27. The molecule has 0 atom stereocenters. The molecule has 3 N–H and O–H groups in total. The van der Waals surface area contributed by atoms with Crippen molar-refractivity contribution in [3.05, 3.63) is 23.0 Å². The number of nitrogens with two attached hydrogens (primary N) is 1. The number of aromatic nitrogens is 4. The molecule has 0 amide bonds. The molecule has 0 aromatic carbocycles. The van der Waals surface area contributed by atoms with Crippen LogP contribution in [0.3, 0.4) is 0 Å². The second-order valence-corrected chi connectivity index (χ2v) is 4.25. The summed E-state index contributed by atoms with van der Waals surface area (Å²) < 4.78 is 5.00. The normalized spacial score (nSPS) is 12.7. The molecular formula is C12H13N5O2. The van der Waals surface area contributed by atoms with Crippen LogP contribution in [0.2, 0.25) is 0 Å². The molecule has 2 aromatic rings. The SMILES string of the molecule is CCOC(=O)c1[nH]nc2c1CCc1cnc(N)nc1-2. The summed E-state index contributed by atoms with van der Waals surface area (Å²) in [7, 11) is 0. The Morgan fingerprint density at radius 2 is 2.32 bits per heavy atom. The van der Waals surface area contributed by atoms with Crippen LogP contribution in [0.15, 0.2) is 6.20 Å². The van der Waals surface area contributed by atoms with Crippen molar-refractivity contribution >= 4 is 11.9 Å². The van der Waals surface area contributed by atoms with Crippen LogP contribution in [-0.2, 0) is 17.6 Å². The number of carbonyl (C=O) groups is 1. The minimum atomic E-state index is -0.387. The van der Waals surface area contributed by atoms with Gasteiger partial charge in [-0.25, -0.2) is 14.8 Å². The van der Waals surface area contributed by atoms with Gasteiger partial charge in [-0.05, 0) is 25.3 Å².